The van der Waals surface area contributed by atoms with Crippen LogP contribution >= 0.6 is 0 Å². The molecule has 19 heavy (non-hydrogen) atoms. The van der Waals surface area contributed by atoms with Gasteiger partial charge in [-0.2, -0.15) is 0 Å². The van der Waals surface area contributed by atoms with Gasteiger partial charge in [0.25, 0.3) is 0 Å². The summed E-state index contributed by atoms with van der Waals surface area (Å²) in [6.45, 7) is 13.9. The standard InChI is InChI=1S/C15H29N3O/c1-4-16-8-10-17(11-9-16)14(3)15(19)18-7-5-6-13(2)12-18/h13-14H,4-12H2,1-3H3/t13-,14-/m0/s1. The first kappa shape index (κ1) is 14.8. The molecule has 2 saturated heterocycles. The van der Waals surface area contributed by atoms with Crippen LogP contribution in [0, 0.1) is 5.92 Å². The van der Waals surface area contributed by atoms with Gasteiger partial charge in [0.05, 0.1) is 6.04 Å². The Balaban J connectivity index is 1.85. The largest absolute Gasteiger partial charge is 0.341 e. The van der Waals surface area contributed by atoms with E-state index in [1.165, 1.54) is 12.8 Å². The summed E-state index contributed by atoms with van der Waals surface area (Å²) < 4.78 is 0. The summed E-state index contributed by atoms with van der Waals surface area (Å²) in [5.41, 5.74) is 0. The van der Waals surface area contributed by atoms with Gasteiger partial charge in [-0.3, -0.25) is 9.69 Å². The zero-order valence-corrected chi connectivity index (χ0v) is 12.8. The second-order valence-corrected chi connectivity index (χ2v) is 6.18. The lowest BCUT2D eigenvalue weighted by Crippen LogP contribution is -2.55. The number of piperazine rings is 1. The van der Waals surface area contributed by atoms with Gasteiger partial charge in [-0.15, -0.1) is 0 Å². The second-order valence-electron chi connectivity index (χ2n) is 6.18. The number of nitrogens with zero attached hydrogens (tertiary/aromatic N) is 3. The fourth-order valence-electron chi connectivity index (χ4n) is 3.28. The average Bonchev–Trinajstić information content (AvgIpc) is 2.46. The molecule has 0 aliphatic carbocycles. The molecule has 2 fully saturated rings. The second kappa shape index (κ2) is 6.71. The molecule has 0 N–H and O–H groups in total. The number of amides is 1. The first-order chi connectivity index (χ1) is 9.11. The van der Waals surface area contributed by atoms with Crippen LogP contribution in [-0.4, -0.2) is 72.5 Å². The van der Waals surface area contributed by atoms with Crippen LogP contribution in [0.25, 0.3) is 0 Å². The van der Waals surface area contributed by atoms with Crippen LogP contribution in [0.1, 0.15) is 33.6 Å². The van der Waals surface area contributed by atoms with Gasteiger partial charge in [0.1, 0.15) is 0 Å². The molecule has 0 radical (unpaired) electrons. The third-order valence-electron chi connectivity index (χ3n) is 4.73. The molecule has 110 valence electrons. The Kier molecular flexibility index (Phi) is 5.22. The van der Waals surface area contributed by atoms with Crippen molar-refractivity contribution in [1.82, 2.24) is 14.7 Å². The van der Waals surface area contributed by atoms with E-state index in [0.717, 1.165) is 45.8 Å². The average molecular weight is 267 g/mol. The highest BCUT2D eigenvalue weighted by Crippen LogP contribution is 2.18. The summed E-state index contributed by atoms with van der Waals surface area (Å²) in [4.78, 5) is 19.5. The third-order valence-corrected chi connectivity index (χ3v) is 4.73. The predicted octanol–water partition coefficient (Wildman–Crippen LogP) is 1.27. The molecule has 2 aliphatic rings. The SMILES string of the molecule is CCN1CCN([C@@H](C)C(=O)N2CCC[C@H](C)C2)CC1. The van der Waals surface area contributed by atoms with Gasteiger partial charge in [0.2, 0.25) is 5.91 Å². The molecule has 2 atom stereocenters. The predicted molar refractivity (Wildman–Crippen MR) is 78.1 cm³/mol. The van der Waals surface area contributed by atoms with Crippen molar-refractivity contribution in [2.24, 2.45) is 5.92 Å². The lowest BCUT2D eigenvalue weighted by atomic mass is 9.99. The van der Waals surface area contributed by atoms with Crippen molar-refractivity contribution in [2.75, 3.05) is 45.8 Å². The highest BCUT2D eigenvalue weighted by Gasteiger charge is 2.30. The van der Waals surface area contributed by atoms with E-state index in [9.17, 15) is 4.79 Å². The van der Waals surface area contributed by atoms with E-state index in [2.05, 4.69) is 35.5 Å². The van der Waals surface area contributed by atoms with Crippen molar-refractivity contribution in [3.63, 3.8) is 0 Å². The van der Waals surface area contributed by atoms with E-state index >= 15 is 0 Å². The molecule has 2 aliphatic heterocycles. The van der Waals surface area contributed by atoms with Crippen LogP contribution in [-0.2, 0) is 4.79 Å². The first-order valence-corrected chi connectivity index (χ1v) is 7.87. The van der Waals surface area contributed by atoms with E-state index in [0.29, 0.717) is 11.8 Å². The Morgan fingerprint density at radius 3 is 2.47 bits per heavy atom. The van der Waals surface area contributed by atoms with E-state index in [1.807, 2.05) is 0 Å². The fraction of sp³-hybridized carbons (Fsp3) is 0.933. The summed E-state index contributed by atoms with van der Waals surface area (Å²) in [5.74, 6) is 1.01. The molecule has 0 unspecified atom stereocenters. The molecule has 0 saturated carbocycles. The number of hydrogen-bond acceptors (Lipinski definition) is 3. The van der Waals surface area contributed by atoms with Crippen LogP contribution < -0.4 is 0 Å². The minimum atomic E-state index is 0.0595. The van der Waals surface area contributed by atoms with Crippen LogP contribution in [0.15, 0.2) is 0 Å². The minimum Gasteiger partial charge on any atom is -0.341 e. The normalized spacial score (nSPS) is 28.4. The van der Waals surface area contributed by atoms with Crippen LogP contribution in [0.4, 0.5) is 0 Å². The van der Waals surface area contributed by atoms with E-state index in [-0.39, 0.29) is 6.04 Å². The Morgan fingerprint density at radius 2 is 1.89 bits per heavy atom. The summed E-state index contributed by atoms with van der Waals surface area (Å²) in [7, 11) is 0. The molecule has 0 bridgehead atoms. The number of likely N-dealkylation sites (N-methyl/N-ethyl adjacent to an activating group) is 1. The van der Waals surface area contributed by atoms with Crippen molar-refractivity contribution in [3.8, 4) is 0 Å². The molecule has 0 aromatic heterocycles. The number of carbonyl (C=O) groups excluding carboxylic acids is 1. The Hall–Kier alpha value is -0.610. The molecular weight excluding hydrogens is 238 g/mol. The van der Waals surface area contributed by atoms with E-state index in [1.54, 1.807) is 0 Å². The lowest BCUT2D eigenvalue weighted by molar-refractivity contribution is -0.138. The van der Waals surface area contributed by atoms with Gasteiger partial charge in [-0.25, -0.2) is 0 Å². The maximum Gasteiger partial charge on any atom is 0.239 e. The van der Waals surface area contributed by atoms with E-state index in [4.69, 9.17) is 0 Å². The molecule has 4 nitrogen and oxygen atoms in total. The molecule has 0 aromatic carbocycles. The molecule has 2 rings (SSSR count). The molecule has 4 heteroatoms. The van der Waals surface area contributed by atoms with Crippen LogP contribution in [0.2, 0.25) is 0 Å². The Morgan fingerprint density at radius 1 is 1.21 bits per heavy atom. The molecular formula is C15H29N3O. The lowest BCUT2D eigenvalue weighted by Gasteiger charge is -2.40. The number of likely N-dealkylation sites (tertiary alicyclic amines) is 1. The number of rotatable bonds is 3. The third kappa shape index (κ3) is 3.69. The van der Waals surface area contributed by atoms with Crippen molar-refractivity contribution >= 4 is 5.91 Å². The summed E-state index contributed by atoms with van der Waals surface area (Å²) in [5, 5.41) is 0. The quantitative estimate of drug-likeness (QED) is 0.770. The number of piperidine rings is 1. The van der Waals surface area contributed by atoms with E-state index < -0.39 is 0 Å². The number of hydrogen-bond donors (Lipinski definition) is 0. The van der Waals surface area contributed by atoms with Crippen LogP contribution in [0.3, 0.4) is 0 Å². The zero-order chi connectivity index (χ0) is 13.8. The highest BCUT2D eigenvalue weighted by atomic mass is 16.2. The molecule has 2 heterocycles. The van der Waals surface area contributed by atoms with Crippen molar-refractivity contribution in [2.45, 2.75) is 39.7 Å². The van der Waals surface area contributed by atoms with Crippen molar-refractivity contribution in [3.05, 3.63) is 0 Å². The van der Waals surface area contributed by atoms with Crippen LogP contribution in [0.5, 0.6) is 0 Å². The Bertz CT molecular complexity index is 300. The van der Waals surface area contributed by atoms with Gasteiger partial charge < -0.3 is 9.80 Å². The topological polar surface area (TPSA) is 26.8 Å². The number of carbonyl (C=O) groups is 1. The maximum atomic E-state index is 12.6. The maximum absolute atomic E-state index is 12.6. The van der Waals surface area contributed by atoms with Gasteiger partial charge in [0, 0.05) is 39.3 Å². The van der Waals surface area contributed by atoms with Crippen molar-refractivity contribution < 1.29 is 4.79 Å². The van der Waals surface area contributed by atoms with Gasteiger partial charge in [-0.05, 0) is 32.2 Å². The summed E-state index contributed by atoms with van der Waals surface area (Å²) in [6, 6.07) is 0.0595. The monoisotopic (exact) mass is 267 g/mol. The molecule has 1 amide bonds. The summed E-state index contributed by atoms with van der Waals surface area (Å²) >= 11 is 0. The first-order valence-electron chi connectivity index (χ1n) is 7.87. The van der Waals surface area contributed by atoms with Crippen molar-refractivity contribution in [1.29, 1.82) is 0 Å². The zero-order valence-electron chi connectivity index (χ0n) is 12.8. The minimum absolute atomic E-state index is 0.0595. The van der Waals surface area contributed by atoms with Gasteiger partial charge in [0.15, 0.2) is 0 Å². The molecule has 0 aromatic rings. The molecule has 0 spiro atoms. The van der Waals surface area contributed by atoms with Gasteiger partial charge >= 0.3 is 0 Å². The Labute approximate surface area is 117 Å². The fourth-order valence-corrected chi connectivity index (χ4v) is 3.28. The smallest absolute Gasteiger partial charge is 0.239 e. The van der Waals surface area contributed by atoms with Gasteiger partial charge in [-0.1, -0.05) is 13.8 Å². The summed E-state index contributed by atoms with van der Waals surface area (Å²) in [6.07, 6.45) is 2.44. The highest BCUT2D eigenvalue weighted by molar-refractivity contribution is 5.81.